The van der Waals surface area contributed by atoms with Gasteiger partial charge in [0, 0.05) is 0 Å². The highest BCUT2D eigenvalue weighted by Gasteiger charge is 2.06. The largest absolute Gasteiger partial charge is 0.724 e. The third kappa shape index (κ3) is 108. The summed E-state index contributed by atoms with van der Waals surface area (Å²) in [7, 11) is 0. The normalized spacial score (nSPS) is 7.69. The Kier molecular flexibility index (Phi) is 18.2. The Bertz CT molecular complexity index is 147. The van der Waals surface area contributed by atoms with Crippen molar-refractivity contribution in [2.24, 2.45) is 5.41 Å². The van der Waals surface area contributed by atoms with Gasteiger partial charge in [-0.05, 0) is 24.0 Å². The van der Waals surface area contributed by atoms with Crippen LogP contribution >= 0.6 is 0 Å². The summed E-state index contributed by atoms with van der Waals surface area (Å²) in [5.41, 5.74) is 0.550. The molecule has 76 valence electrons. The molecule has 0 aliphatic heterocycles. The molecule has 4 heteroatoms. The summed E-state index contributed by atoms with van der Waals surface area (Å²) >= 11 is 0. The Hall–Kier alpha value is -1.24. The Morgan fingerprint density at radius 3 is 1.31 bits per heavy atom. The van der Waals surface area contributed by atoms with Gasteiger partial charge in [-0.25, -0.2) is 0 Å². The number of hydrogen-bond donors (Lipinski definition) is 0. The van der Waals surface area contributed by atoms with Crippen LogP contribution in [0.2, 0.25) is 0 Å². The maximum Gasteiger partial charge on any atom is -0.0159 e. The number of carbonyl (C=O) groups excluding carboxylic acids is 2. The average molecular weight is 184 g/mol. The van der Waals surface area contributed by atoms with Gasteiger partial charge in [0.25, 0.3) is 0 Å². The maximum atomic E-state index is 8.24. The minimum absolute atomic E-state index is 0.500. The first kappa shape index (κ1) is 17.7. The second-order valence-corrected chi connectivity index (χ2v) is 3.49. The minimum atomic E-state index is 0.500. The molecule has 0 saturated carbocycles. The average Bonchev–Trinajstić information content (AvgIpc) is 1.87. The van der Waals surface area contributed by atoms with E-state index in [4.69, 9.17) is 20.4 Å². The molecule has 0 unspecified atom stereocenters. The molecule has 0 aliphatic rings. The monoisotopic (exact) mass is 184 g/mol. The summed E-state index contributed by atoms with van der Waals surface area (Å²) < 4.78 is 0. The summed E-state index contributed by atoms with van der Waals surface area (Å²) in [6.07, 6.45) is 3.65. The van der Waals surface area contributed by atoms with Crippen LogP contribution in [0.5, 0.6) is 0 Å². The lowest BCUT2D eigenvalue weighted by Gasteiger charge is -2.15. The molecule has 0 aliphatic carbocycles. The van der Waals surface area contributed by atoms with Crippen LogP contribution in [-0.2, 0) is 9.59 Å². The molecule has 13 heavy (non-hydrogen) atoms. The predicted molar refractivity (Wildman–Crippen MR) is 52.5 cm³/mol. The molecule has 0 N–H and O–H groups in total. The zero-order chi connectivity index (χ0) is 11.3. The molecule has 0 fully saturated rings. The molecule has 0 aromatic heterocycles. The Morgan fingerprint density at radius 1 is 1.08 bits per heavy atom. The van der Waals surface area contributed by atoms with E-state index in [-0.39, 0.29) is 0 Å². The number of rotatable bonds is 1. The van der Waals surface area contributed by atoms with Crippen molar-refractivity contribution >= 4 is 12.2 Å². The van der Waals surface area contributed by atoms with Crippen molar-refractivity contribution in [2.75, 3.05) is 0 Å². The standard InChI is InChI=1S/C7H16.2CNO/c1-5-6-7(2,3)4;2*2-1-3/h5-6H2,1-4H3;;/q;2*-1. The molecule has 0 heterocycles. The van der Waals surface area contributed by atoms with Gasteiger partial charge in [-0.1, -0.05) is 34.1 Å². The zero-order valence-corrected chi connectivity index (χ0v) is 8.63. The van der Waals surface area contributed by atoms with Crippen LogP contribution in [0, 0.1) is 5.41 Å². The highest BCUT2D eigenvalue weighted by Crippen LogP contribution is 2.19. The summed E-state index contributed by atoms with van der Waals surface area (Å²) in [5, 5.41) is 13.5. The zero-order valence-electron chi connectivity index (χ0n) is 8.63. The molecular weight excluding hydrogens is 168 g/mol. The minimum Gasteiger partial charge on any atom is -0.724 e. The Balaban J connectivity index is -0.000000140. The van der Waals surface area contributed by atoms with Gasteiger partial charge in [0.05, 0.1) is 0 Å². The van der Waals surface area contributed by atoms with Crippen molar-refractivity contribution in [3.05, 3.63) is 10.8 Å². The lowest BCUT2D eigenvalue weighted by atomic mass is 9.91. The first-order chi connectivity index (χ1) is 5.89. The Morgan fingerprint density at radius 2 is 1.31 bits per heavy atom. The first-order valence-electron chi connectivity index (χ1n) is 3.92. The van der Waals surface area contributed by atoms with Crippen molar-refractivity contribution in [1.29, 1.82) is 0 Å². The summed E-state index contributed by atoms with van der Waals surface area (Å²) in [6.45, 7) is 9.05. The quantitative estimate of drug-likeness (QED) is 0.463. The van der Waals surface area contributed by atoms with Crippen molar-refractivity contribution in [1.82, 2.24) is 0 Å². The first-order valence-corrected chi connectivity index (χ1v) is 3.92. The smallest absolute Gasteiger partial charge is 0.0159 e. The fourth-order valence-electron chi connectivity index (χ4n) is 0.750. The van der Waals surface area contributed by atoms with E-state index in [1.165, 1.54) is 12.8 Å². The lowest BCUT2D eigenvalue weighted by Crippen LogP contribution is -2.02. The number of nitrogens with zero attached hydrogens (tertiary/aromatic N) is 2. The van der Waals surface area contributed by atoms with Crippen LogP contribution in [0.3, 0.4) is 0 Å². The van der Waals surface area contributed by atoms with E-state index >= 15 is 0 Å². The molecule has 0 aromatic rings. The van der Waals surface area contributed by atoms with Gasteiger partial charge in [0.15, 0.2) is 0 Å². The lowest BCUT2D eigenvalue weighted by molar-refractivity contribution is 0.373. The molecule has 0 atom stereocenters. The predicted octanol–water partition coefficient (Wildman–Crippen LogP) is 2.62. The van der Waals surface area contributed by atoms with E-state index in [1.807, 2.05) is 0 Å². The second-order valence-electron chi connectivity index (χ2n) is 3.49. The molecule has 0 aromatic carbocycles. The summed E-state index contributed by atoms with van der Waals surface area (Å²) in [4.78, 5) is 16.5. The van der Waals surface area contributed by atoms with Gasteiger partial charge in [-0.15, -0.1) is 0 Å². The molecule has 0 amide bonds. The summed E-state index contributed by atoms with van der Waals surface area (Å²) in [5.74, 6) is 0. The molecule has 4 nitrogen and oxygen atoms in total. The molecule has 0 spiro atoms. The molecule has 0 rings (SSSR count). The SMILES string of the molecule is CCCC(C)(C)C.[N-]=C=O.[N-]=C=O. The highest BCUT2D eigenvalue weighted by atomic mass is 16.1. The van der Waals surface area contributed by atoms with Gasteiger partial charge in [-0.3, -0.25) is 9.59 Å². The van der Waals surface area contributed by atoms with Gasteiger partial charge in [0.1, 0.15) is 0 Å². The van der Waals surface area contributed by atoms with Gasteiger partial charge in [0.2, 0.25) is 0 Å². The van der Waals surface area contributed by atoms with Crippen molar-refractivity contribution in [3.8, 4) is 0 Å². The van der Waals surface area contributed by atoms with Crippen LogP contribution in [0.4, 0.5) is 0 Å². The van der Waals surface area contributed by atoms with Crippen LogP contribution in [-0.4, -0.2) is 12.2 Å². The fourth-order valence-corrected chi connectivity index (χ4v) is 0.750. The van der Waals surface area contributed by atoms with E-state index in [0.29, 0.717) is 17.6 Å². The van der Waals surface area contributed by atoms with E-state index in [9.17, 15) is 0 Å². The molecule has 0 radical (unpaired) electrons. The highest BCUT2D eigenvalue weighted by molar-refractivity contribution is 5.37. The summed E-state index contributed by atoms with van der Waals surface area (Å²) in [6, 6.07) is 0. The van der Waals surface area contributed by atoms with Gasteiger partial charge < -0.3 is 10.8 Å². The second kappa shape index (κ2) is 13.4. The third-order valence-corrected chi connectivity index (χ3v) is 1.000. The molecule has 0 saturated heterocycles. The molecular formula is C9H16N2O2-2. The third-order valence-electron chi connectivity index (χ3n) is 1.000. The van der Waals surface area contributed by atoms with Crippen LogP contribution in [0.15, 0.2) is 0 Å². The molecule has 0 bridgehead atoms. The Labute approximate surface area is 79.4 Å². The fraction of sp³-hybridized carbons (Fsp3) is 0.778. The van der Waals surface area contributed by atoms with Crippen LogP contribution < -0.4 is 0 Å². The topological polar surface area (TPSA) is 78.7 Å². The van der Waals surface area contributed by atoms with Crippen LogP contribution in [0.1, 0.15) is 40.5 Å². The van der Waals surface area contributed by atoms with Crippen molar-refractivity contribution in [2.45, 2.75) is 40.5 Å². The van der Waals surface area contributed by atoms with Crippen LogP contribution in [0.25, 0.3) is 10.8 Å². The van der Waals surface area contributed by atoms with Gasteiger partial charge in [-0.2, -0.15) is 0 Å². The number of isocyanates is 2. The number of hydrogen-bond acceptors (Lipinski definition) is 2. The van der Waals surface area contributed by atoms with Gasteiger partial charge >= 0.3 is 0 Å². The van der Waals surface area contributed by atoms with E-state index in [2.05, 4.69) is 27.7 Å². The van der Waals surface area contributed by atoms with E-state index < -0.39 is 0 Å². The van der Waals surface area contributed by atoms with Crippen molar-refractivity contribution < 1.29 is 9.59 Å². The maximum absolute atomic E-state index is 8.24. The van der Waals surface area contributed by atoms with Crippen molar-refractivity contribution in [3.63, 3.8) is 0 Å². The van der Waals surface area contributed by atoms with E-state index in [0.717, 1.165) is 0 Å². The van der Waals surface area contributed by atoms with E-state index in [1.54, 1.807) is 0 Å².